The van der Waals surface area contributed by atoms with E-state index >= 15 is 0 Å². The first-order valence-corrected chi connectivity index (χ1v) is 22.4. The first-order chi connectivity index (χ1) is 26.8. The largest absolute Gasteiger partial charge is 0.480 e. The minimum atomic E-state index is -1.39. The smallest absolute Gasteiger partial charge is 0.328 e. The molecule has 0 rings (SSSR count). The number of allylic oxidation sites excluding steroid dienone is 5. The van der Waals surface area contributed by atoms with Gasteiger partial charge in [0.1, 0.15) is 12.1 Å². The van der Waals surface area contributed by atoms with Gasteiger partial charge in [0, 0.05) is 12.8 Å². The van der Waals surface area contributed by atoms with Gasteiger partial charge in [-0.05, 0) is 76.7 Å². The number of ether oxygens (including phenoxy) is 1. The Balaban J connectivity index is 4.24. The van der Waals surface area contributed by atoms with E-state index in [1.165, 1.54) is 116 Å². The number of amides is 2. The summed E-state index contributed by atoms with van der Waals surface area (Å²) in [5, 5.41) is 22.6. The summed E-state index contributed by atoms with van der Waals surface area (Å²) in [7, 11) is 0. The predicted molar refractivity (Wildman–Crippen MR) is 227 cm³/mol. The molecule has 0 aromatic heterocycles. The van der Waals surface area contributed by atoms with Crippen LogP contribution in [0.25, 0.3) is 0 Å². The van der Waals surface area contributed by atoms with Crippen LogP contribution in [0.3, 0.4) is 0 Å². The highest BCUT2D eigenvalue weighted by molar-refractivity contribution is 5.87. The second-order valence-electron chi connectivity index (χ2n) is 15.1. The standard InChI is InChI=1S/C46H82N2O7/c1-3-5-7-9-11-13-14-15-16-17-18-19-20-21-22-24-26-28-34-38-45(52)55-41(35-31-27-25-23-12-10-8-6-4-2)36-32-29-30-33-37-43(50)47-39-44(51)48-42(40-49)46(53)54/h11,13,15-16,31,35,41-42,49H,3-10,12,14,17-30,32-34,36-40H2,1-2H3,(H,47,50)(H,48,51)(H,53,54)/b13-11-,16-15-,35-31-. The Morgan fingerprint density at radius 2 is 1.04 bits per heavy atom. The number of aliphatic hydroxyl groups is 1. The molecule has 0 aromatic rings. The minimum Gasteiger partial charge on any atom is -0.480 e. The summed E-state index contributed by atoms with van der Waals surface area (Å²) in [5.74, 6) is -2.40. The molecule has 55 heavy (non-hydrogen) atoms. The number of rotatable bonds is 40. The van der Waals surface area contributed by atoms with Crippen LogP contribution >= 0.6 is 0 Å². The maximum Gasteiger partial charge on any atom is 0.328 e. The van der Waals surface area contributed by atoms with E-state index in [0.29, 0.717) is 12.8 Å². The van der Waals surface area contributed by atoms with Gasteiger partial charge in [0.15, 0.2) is 0 Å². The number of hydrogen-bond acceptors (Lipinski definition) is 6. The molecule has 2 atom stereocenters. The number of aliphatic hydroxyl groups excluding tert-OH is 1. The number of nitrogens with one attached hydrogen (secondary N) is 2. The molecular formula is C46H82N2O7. The van der Waals surface area contributed by atoms with Crippen LogP contribution in [0.2, 0.25) is 0 Å². The molecule has 318 valence electrons. The topological polar surface area (TPSA) is 142 Å². The Hall–Kier alpha value is -2.94. The van der Waals surface area contributed by atoms with Gasteiger partial charge < -0.3 is 25.6 Å². The van der Waals surface area contributed by atoms with E-state index in [0.717, 1.165) is 57.8 Å². The van der Waals surface area contributed by atoms with Crippen LogP contribution in [-0.4, -0.2) is 59.3 Å². The SMILES string of the molecule is CCCCC/C=C\C/C=C\CCCCCCCCCCCC(=O)OC(/C=C\CCCCCCCCC)CCCCCCC(=O)NCC(=O)NC(CO)C(=O)O. The summed E-state index contributed by atoms with van der Waals surface area (Å²) in [6.45, 7) is 3.43. The fourth-order valence-electron chi connectivity index (χ4n) is 6.36. The lowest BCUT2D eigenvalue weighted by Crippen LogP contribution is -2.47. The van der Waals surface area contributed by atoms with Gasteiger partial charge in [0.05, 0.1) is 13.2 Å². The number of aliphatic carboxylic acids is 1. The summed E-state index contributed by atoms with van der Waals surface area (Å²) < 4.78 is 5.92. The van der Waals surface area contributed by atoms with Crippen molar-refractivity contribution in [2.75, 3.05) is 13.2 Å². The maximum atomic E-state index is 12.7. The molecule has 0 aromatic carbocycles. The number of hydrogen-bond donors (Lipinski definition) is 4. The molecule has 0 aliphatic carbocycles. The van der Waals surface area contributed by atoms with Crippen LogP contribution in [0, 0.1) is 0 Å². The van der Waals surface area contributed by atoms with Crippen molar-refractivity contribution in [1.29, 1.82) is 0 Å². The Kier molecular flexibility index (Phi) is 38.5. The molecule has 2 amide bonds. The van der Waals surface area contributed by atoms with E-state index in [1.54, 1.807) is 0 Å². The predicted octanol–water partition coefficient (Wildman–Crippen LogP) is 11.0. The van der Waals surface area contributed by atoms with Crippen molar-refractivity contribution >= 4 is 23.8 Å². The maximum absolute atomic E-state index is 12.7. The van der Waals surface area contributed by atoms with Crippen molar-refractivity contribution in [2.24, 2.45) is 0 Å². The molecular weight excluding hydrogens is 693 g/mol. The Bertz CT molecular complexity index is 1030. The van der Waals surface area contributed by atoms with Gasteiger partial charge in [-0.2, -0.15) is 0 Å². The number of carboxylic acid groups (broad SMARTS) is 1. The quantitative estimate of drug-likeness (QED) is 0.0276. The fourth-order valence-corrected chi connectivity index (χ4v) is 6.36. The first kappa shape index (κ1) is 52.1. The van der Waals surface area contributed by atoms with Crippen LogP contribution in [0.4, 0.5) is 0 Å². The second kappa shape index (κ2) is 40.7. The van der Waals surface area contributed by atoms with Gasteiger partial charge in [-0.15, -0.1) is 0 Å². The number of carbonyl (C=O) groups excluding carboxylic acids is 3. The molecule has 0 fully saturated rings. The van der Waals surface area contributed by atoms with Crippen molar-refractivity contribution < 1.29 is 34.1 Å². The third-order valence-corrected chi connectivity index (χ3v) is 9.84. The Labute approximate surface area is 336 Å². The monoisotopic (exact) mass is 775 g/mol. The van der Waals surface area contributed by atoms with E-state index < -0.39 is 24.5 Å². The molecule has 0 aliphatic heterocycles. The number of esters is 1. The third-order valence-electron chi connectivity index (χ3n) is 9.84. The van der Waals surface area contributed by atoms with E-state index in [1.807, 2.05) is 0 Å². The van der Waals surface area contributed by atoms with Crippen molar-refractivity contribution in [3.63, 3.8) is 0 Å². The van der Waals surface area contributed by atoms with Crippen LogP contribution < -0.4 is 10.6 Å². The summed E-state index contributed by atoms with van der Waals surface area (Å²) in [5.41, 5.74) is 0. The van der Waals surface area contributed by atoms with Gasteiger partial charge in [-0.1, -0.05) is 153 Å². The van der Waals surface area contributed by atoms with Crippen molar-refractivity contribution in [3.05, 3.63) is 36.5 Å². The van der Waals surface area contributed by atoms with E-state index in [2.05, 4.69) is 60.9 Å². The lowest BCUT2D eigenvalue weighted by Gasteiger charge is -2.15. The van der Waals surface area contributed by atoms with Crippen LogP contribution in [0.5, 0.6) is 0 Å². The summed E-state index contributed by atoms with van der Waals surface area (Å²) in [6, 6.07) is -1.39. The first-order valence-electron chi connectivity index (χ1n) is 22.4. The number of carboxylic acids is 1. The van der Waals surface area contributed by atoms with Crippen LogP contribution in [-0.2, 0) is 23.9 Å². The molecule has 0 saturated carbocycles. The zero-order chi connectivity index (χ0) is 40.5. The van der Waals surface area contributed by atoms with E-state index in [9.17, 15) is 19.2 Å². The Morgan fingerprint density at radius 1 is 0.564 bits per heavy atom. The summed E-state index contributed by atoms with van der Waals surface area (Å²) >= 11 is 0. The van der Waals surface area contributed by atoms with Crippen molar-refractivity contribution in [1.82, 2.24) is 10.6 Å². The minimum absolute atomic E-state index is 0.114. The zero-order valence-electron chi connectivity index (χ0n) is 35.2. The van der Waals surface area contributed by atoms with E-state index in [-0.39, 0.29) is 30.9 Å². The van der Waals surface area contributed by atoms with Gasteiger partial charge in [-0.3, -0.25) is 14.4 Å². The molecule has 0 heterocycles. The average Bonchev–Trinajstić information content (AvgIpc) is 3.17. The zero-order valence-corrected chi connectivity index (χ0v) is 35.2. The molecule has 9 nitrogen and oxygen atoms in total. The average molecular weight is 775 g/mol. The van der Waals surface area contributed by atoms with Crippen molar-refractivity contribution in [2.45, 2.75) is 219 Å². The Morgan fingerprint density at radius 3 is 1.60 bits per heavy atom. The highest BCUT2D eigenvalue weighted by atomic mass is 16.5. The molecule has 0 saturated heterocycles. The lowest BCUT2D eigenvalue weighted by molar-refractivity contribution is -0.147. The lowest BCUT2D eigenvalue weighted by atomic mass is 10.0. The fraction of sp³-hybridized carbons (Fsp3) is 0.783. The molecule has 4 N–H and O–H groups in total. The normalized spacial score (nSPS) is 12.8. The second-order valence-corrected chi connectivity index (χ2v) is 15.1. The molecule has 0 bridgehead atoms. The van der Waals surface area contributed by atoms with Crippen LogP contribution in [0.15, 0.2) is 36.5 Å². The molecule has 0 radical (unpaired) electrons. The van der Waals surface area contributed by atoms with Crippen molar-refractivity contribution in [3.8, 4) is 0 Å². The molecule has 9 heteroatoms. The van der Waals surface area contributed by atoms with Gasteiger partial charge in [0.25, 0.3) is 0 Å². The highest BCUT2D eigenvalue weighted by Gasteiger charge is 2.18. The third kappa shape index (κ3) is 37.7. The number of unbranched alkanes of at least 4 members (excludes halogenated alkanes) is 22. The molecule has 0 aliphatic rings. The molecule has 2 unspecified atom stereocenters. The molecule has 0 spiro atoms. The van der Waals surface area contributed by atoms with Gasteiger partial charge >= 0.3 is 11.9 Å². The summed E-state index contributed by atoms with van der Waals surface area (Å²) in [6.07, 6.45) is 46.1. The van der Waals surface area contributed by atoms with Gasteiger partial charge in [-0.25, -0.2) is 4.79 Å². The number of carbonyl (C=O) groups is 4. The van der Waals surface area contributed by atoms with Gasteiger partial charge in [0.2, 0.25) is 11.8 Å². The summed E-state index contributed by atoms with van der Waals surface area (Å²) in [4.78, 5) is 47.6. The highest BCUT2D eigenvalue weighted by Crippen LogP contribution is 2.16. The van der Waals surface area contributed by atoms with Crippen LogP contribution in [0.1, 0.15) is 206 Å². The van der Waals surface area contributed by atoms with E-state index in [4.69, 9.17) is 14.9 Å².